The molecule has 2 atom stereocenters. The van der Waals surface area contributed by atoms with Crippen LogP contribution >= 0.6 is 23.2 Å². The molecule has 31 heavy (non-hydrogen) atoms. The summed E-state index contributed by atoms with van der Waals surface area (Å²) in [6.45, 7) is 5.13. The number of nitrogens with zero attached hydrogens (tertiary/aromatic N) is 5. The van der Waals surface area contributed by atoms with E-state index in [9.17, 15) is 4.39 Å². The molecule has 4 heterocycles. The number of aromatic amines is 1. The lowest BCUT2D eigenvalue weighted by Crippen LogP contribution is -2.37. The van der Waals surface area contributed by atoms with Gasteiger partial charge in [-0.05, 0) is 38.1 Å². The molecule has 0 radical (unpaired) electrons. The highest BCUT2D eigenvalue weighted by Crippen LogP contribution is 2.40. The monoisotopic (exact) mass is 462 g/mol. The van der Waals surface area contributed by atoms with E-state index in [-0.39, 0.29) is 11.1 Å². The molecule has 2 aliphatic heterocycles. The molecule has 5 rings (SSSR count). The molecule has 2 aliphatic rings. The summed E-state index contributed by atoms with van der Waals surface area (Å²) in [7, 11) is 0. The van der Waals surface area contributed by atoms with Crippen molar-refractivity contribution in [1.29, 1.82) is 0 Å². The van der Waals surface area contributed by atoms with Gasteiger partial charge in [0.05, 0.1) is 16.8 Å². The van der Waals surface area contributed by atoms with Gasteiger partial charge in [0.2, 0.25) is 0 Å². The number of nitrogens with one attached hydrogen (secondary N) is 3. The van der Waals surface area contributed by atoms with Crippen LogP contribution < -0.4 is 15.5 Å². The first kappa shape index (κ1) is 20.4. The summed E-state index contributed by atoms with van der Waals surface area (Å²) in [5, 5.41) is 24.3. The Balaban J connectivity index is 1.50. The minimum absolute atomic E-state index is 0.0346. The van der Waals surface area contributed by atoms with E-state index in [1.807, 2.05) is 13.0 Å². The largest absolute Gasteiger partial charge is 0.365 e. The molecule has 162 valence electrons. The molecule has 1 saturated heterocycles. The predicted octanol–water partition coefficient (Wildman–Crippen LogP) is 3.78. The summed E-state index contributed by atoms with van der Waals surface area (Å²) in [6, 6.07) is 4.44. The summed E-state index contributed by atoms with van der Waals surface area (Å²) >= 11 is 12.7. The van der Waals surface area contributed by atoms with Crippen LogP contribution in [0, 0.1) is 5.82 Å². The third kappa shape index (κ3) is 3.71. The van der Waals surface area contributed by atoms with E-state index in [0.29, 0.717) is 46.9 Å². The molecule has 1 unspecified atom stereocenters. The Hall–Kier alpha value is -2.49. The van der Waals surface area contributed by atoms with Gasteiger partial charge >= 0.3 is 0 Å². The Morgan fingerprint density at radius 1 is 1.16 bits per heavy atom. The van der Waals surface area contributed by atoms with Crippen molar-refractivity contribution in [2.24, 2.45) is 0 Å². The highest BCUT2D eigenvalue weighted by atomic mass is 35.5. The Morgan fingerprint density at radius 2 is 2.03 bits per heavy atom. The Labute approximate surface area is 188 Å². The minimum atomic E-state index is -0.493. The third-order valence-corrected chi connectivity index (χ3v) is 6.60. The Morgan fingerprint density at radius 3 is 2.84 bits per heavy atom. The summed E-state index contributed by atoms with van der Waals surface area (Å²) in [5.41, 5.74) is 1.95. The van der Waals surface area contributed by atoms with Crippen molar-refractivity contribution in [3.8, 4) is 11.5 Å². The number of aromatic nitrogens is 5. The summed E-state index contributed by atoms with van der Waals surface area (Å²) in [5.74, 6) is 1.89. The average molecular weight is 463 g/mol. The van der Waals surface area contributed by atoms with Gasteiger partial charge in [-0.3, -0.25) is 0 Å². The van der Waals surface area contributed by atoms with Gasteiger partial charge in [-0.25, -0.2) is 4.39 Å². The zero-order chi connectivity index (χ0) is 21.5. The van der Waals surface area contributed by atoms with E-state index < -0.39 is 5.82 Å². The van der Waals surface area contributed by atoms with Crippen LogP contribution in [0.2, 0.25) is 10.0 Å². The van der Waals surface area contributed by atoms with Gasteiger partial charge in [0.25, 0.3) is 0 Å². The van der Waals surface area contributed by atoms with Gasteiger partial charge in [0.15, 0.2) is 11.6 Å². The van der Waals surface area contributed by atoms with Crippen LogP contribution in [0.4, 0.5) is 15.9 Å². The highest BCUT2D eigenvalue weighted by molar-refractivity contribution is 6.36. The predicted molar refractivity (Wildman–Crippen MR) is 118 cm³/mol. The average Bonchev–Trinajstić information content (AvgIpc) is 3.47. The first-order chi connectivity index (χ1) is 15.0. The summed E-state index contributed by atoms with van der Waals surface area (Å²) in [4.78, 5) is 5.38. The van der Waals surface area contributed by atoms with Gasteiger partial charge in [0.1, 0.15) is 17.3 Å². The molecule has 3 N–H and O–H groups in total. The molecule has 0 saturated carbocycles. The van der Waals surface area contributed by atoms with Crippen molar-refractivity contribution in [2.45, 2.75) is 25.3 Å². The molecule has 8 nitrogen and oxygen atoms in total. The fraction of sp³-hybridized carbons (Fsp3) is 0.400. The van der Waals surface area contributed by atoms with E-state index in [2.05, 4.69) is 40.9 Å². The molecule has 2 aromatic heterocycles. The van der Waals surface area contributed by atoms with Crippen molar-refractivity contribution in [3.05, 3.63) is 45.4 Å². The molecule has 11 heteroatoms. The van der Waals surface area contributed by atoms with Crippen molar-refractivity contribution in [1.82, 2.24) is 30.7 Å². The van der Waals surface area contributed by atoms with Crippen LogP contribution in [-0.4, -0.2) is 51.6 Å². The van der Waals surface area contributed by atoms with Crippen LogP contribution in [0.3, 0.4) is 0 Å². The lowest BCUT2D eigenvalue weighted by molar-refractivity contribution is 0.614. The Kier molecular flexibility index (Phi) is 5.41. The second-order valence-corrected chi connectivity index (χ2v) is 8.55. The van der Waals surface area contributed by atoms with Crippen LogP contribution in [-0.2, 0) is 0 Å². The number of fused-ring (bicyclic) bond motifs is 1. The maximum absolute atomic E-state index is 14.1. The van der Waals surface area contributed by atoms with Crippen molar-refractivity contribution >= 4 is 34.7 Å². The van der Waals surface area contributed by atoms with Crippen LogP contribution in [0.15, 0.2) is 18.2 Å². The normalized spacial score (nSPS) is 19.2. The van der Waals surface area contributed by atoms with Crippen LogP contribution in [0.5, 0.6) is 0 Å². The number of anilines is 2. The topological polar surface area (TPSA) is 94.7 Å². The van der Waals surface area contributed by atoms with Gasteiger partial charge in [-0.1, -0.05) is 23.2 Å². The van der Waals surface area contributed by atoms with E-state index in [0.717, 1.165) is 31.0 Å². The second kappa shape index (κ2) is 8.22. The van der Waals surface area contributed by atoms with Crippen LogP contribution in [0.25, 0.3) is 11.5 Å². The third-order valence-electron chi connectivity index (χ3n) is 5.89. The van der Waals surface area contributed by atoms with Crippen molar-refractivity contribution < 1.29 is 4.39 Å². The maximum Gasteiger partial charge on any atom is 0.181 e. The maximum atomic E-state index is 14.1. The number of H-pyrrole nitrogens is 1. The molecule has 1 fully saturated rings. The number of rotatable bonds is 4. The molecule has 3 aromatic rings. The van der Waals surface area contributed by atoms with E-state index in [1.165, 1.54) is 12.1 Å². The highest BCUT2D eigenvalue weighted by Gasteiger charge is 2.29. The number of halogens is 3. The lowest BCUT2D eigenvalue weighted by atomic mass is 10.0. The van der Waals surface area contributed by atoms with Gasteiger partial charge < -0.3 is 20.5 Å². The molecule has 0 amide bonds. The fourth-order valence-electron chi connectivity index (χ4n) is 4.20. The van der Waals surface area contributed by atoms with E-state index in [4.69, 9.17) is 23.2 Å². The smallest absolute Gasteiger partial charge is 0.181 e. The quantitative estimate of drug-likeness (QED) is 0.507. The fourth-order valence-corrected chi connectivity index (χ4v) is 4.89. The van der Waals surface area contributed by atoms with Crippen molar-refractivity contribution in [2.75, 3.05) is 36.4 Å². The van der Waals surface area contributed by atoms with E-state index >= 15 is 0 Å². The molecule has 1 aromatic carbocycles. The molecule has 0 spiro atoms. The molecular weight excluding hydrogens is 442 g/mol. The first-order valence-electron chi connectivity index (χ1n) is 10.2. The molecule has 0 bridgehead atoms. The number of hydrogen-bond donors (Lipinski definition) is 3. The molecular formula is C20H21Cl2FN8. The van der Waals surface area contributed by atoms with Crippen molar-refractivity contribution in [3.63, 3.8) is 0 Å². The van der Waals surface area contributed by atoms with Gasteiger partial charge in [-0.2, -0.15) is 0 Å². The van der Waals surface area contributed by atoms with E-state index in [1.54, 1.807) is 0 Å². The van der Waals surface area contributed by atoms with Gasteiger partial charge in [0, 0.05) is 36.1 Å². The first-order valence-corrected chi connectivity index (χ1v) is 10.9. The lowest BCUT2D eigenvalue weighted by Gasteiger charge is -2.36. The second-order valence-electron chi connectivity index (χ2n) is 7.77. The summed E-state index contributed by atoms with van der Waals surface area (Å²) in [6.07, 6.45) is 1.02. The zero-order valence-electron chi connectivity index (χ0n) is 16.8. The number of hydrogen-bond acceptors (Lipinski definition) is 7. The van der Waals surface area contributed by atoms with Gasteiger partial charge in [-0.15, -0.1) is 20.4 Å². The SMILES string of the molecule is C[C@H](c1c(Cl)ccc(F)c1Cl)N1CCNc2nnc(-c3nnc(C4CCNC4)[nH]3)cc21. The number of benzene rings is 1. The van der Waals surface area contributed by atoms with Crippen LogP contribution in [0.1, 0.15) is 36.7 Å². The Bertz CT molecular complexity index is 1110. The standard InChI is InChI=1S/C20H21Cl2FN8/c1-10(16-12(21)2-3-13(23)17(16)22)31-7-6-25-20-15(31)8-14(27-30-20)19-26-18(28-29-19)11-4-5-24-9-11/h2-3,8,10-11,24H,4-7,9H2,1H3,(H,25,30)(H,26,28,29)/t10-,11?/m1/s1. The molecule has 0 aliphatic carbocycles. The minimum Gasteiger partial charge on any atom is -0.365 e. The summed E-state index contributed by atoms with van der Waals surface area (Å²) < 4.78 is 14.1. The zero-order valence-corrected chi connectivity index (χ0v) is 18.3.